The summed E-state index contributed by atoms with van der Waals surface area (Å²) in [5, 5.41) is 14.7. The van der Waals surface area contributed by atoms with Crippen LogP contribution in [-0.2, 0) is 9.59 Å². The van der Waals surface area contributed by atoms with Crippen LogP contribution >= 0.6 is 11.8 Å². The highest BCUT2D eigenvalue weighted by Crippen LogP contribution is 2.30. The number of rotatable bonds is 8. The first-order valence-corrected chi connectivity index (χ1v) is 11.3. The minimum atomic E-state index is -0.142. The van der Waals surface area contributed by atoms with Gasteiger partial charge in [-0.1, -0.05) is 41.6 Å². The van der Waals surface area contributed by atoms with Gasteiger partial charge in [-0.25, -0.2) is 0 Å². The number of hydrogen-bond donors (Lipinski definition) is 2. The summed E-state index contributed by atoms with van der Waals surface area (Å²) in [7, 11) is 0. The molecule has 31 heavy (non-hydrogen) atoms. The van der Waals surface area contributed by atoms with Gasteiger partial charge in [0.1, 0.15) is 6.33 Å². The van der Waals surface area contributed by atoms with E-state index in [4.69, 9.17) is 0 Å². The van der Waals surface area contributed by atoms with Crippen LogP contribution < -0.4 is 10.6 Å². The Bertz CT molecular complexity index is 1060. The lowest BCUT2D eigenvalue weighted by Crippen LogP contribution is -2.28. The van der Waals surface area contributed by atoms with E-state index in [1.165, 1.54) is 17.3 Å². The molecule has 7 nitrogen and oxygen atoms in total. The van der Waals surface area contributed by atoms with E-state index < -0.39 is 0 Å². The molecular weight excluding hydrogens is 410 g/mol. The molecule has 160 valence electrons. The second-order valence-corrected chi connectivity index (χ2v) is 8.72. The number of anilines is 1. The predicted molar refractivity (Wildman–Crippen MR) is 121 cm³/mol. The van der Waals surface area contributed by atoms with Crippen molar-refractivity contribution in [1.29, 1.82) is 0 Å². The van der Waals surface area contributed by atoms with E-state index in [0.717, 1.165) is 29.8 Å². The number of nitrogens with zero attached hydrogens (tertiary/aromatic N) is 3. The molecule has 2 amide bonds. The topological polar surface area (TPSA) is 88.9 Å². The summed E-state index contributed by atoms with van der Waals surface area (Å²) in [6.07, 6.45) is 3.61. The van der Waals surface area contributed by atoms with Crippen molar-refractivity contribution in [2.24, 2.45) is 5.92 Å². The number of nitrogens with one attached hydrogen (secondary N) is 2. The van der Waals surface area contributed by atoms with Crippen LogP contribution in [0.4, 0.5) is 5.69 Å². The molecule has 2 N–H and O–H groups in total. The molecule has 0 aliphatic heterocycles. The number of aryl methyl sites for hydroxylation is 1. The molecule has 2 aromatic carbocycles. The minimum Gasteiger partial charge on any atom is -0.349 e. The average Bonchev–Trinajstić information content (AvgIpc) is 3.52. The van der Waals surface area contributed by atoms with Crippen LogP contribution in [0.3, 0.4) is 0 Å². The highest BCUT2D eigenvalue weighted by Gasteiger charge is 2.29. The van der Waals surface area contributed by atoms with Crippen LogP contribution in [0.1, 0.15) is 36.9 Å². The lowest BCUT2D eigenvalue weighted by molar-refractivity contribution is -0.119. The van der Waals surface area contributed by atoms with E-state index >= 15 is 0 Å². The van der Waals surface area contributed by atoms with Gasteiger partial charge < -0.3 is 10.6 Å². The molecule has 1 aliphatic rings. The number of benzene rings is 2. The maximum absolute atomic E-state index is 12.5. The molecular formula is C23H25N5O2S. The van der Waals surface area contributed by atoms with Gasteiger partial charge in [0, 0.05) is 17.3 Å². The molecule has 4 rings (SSSR count). The molecule has 0 saturated heterocycles. The van der Waals surface area contributed by atoms with Gasteiger partial charge in [0.25, 0.3) is 0 Å². The molecule has 0 radical (unpaired) electrons. The fourth-order valence-electron chi connectivity index (χ4n) is 3.15. The zero-order chi connectivity index (χ0) is 21.8. The van der Waals surface area contributed by atoms with Gasteiger partial charge in [0.05, 0.1) is 11.8 Å². The summed E-state index contributed by atoms with van der Waals surface area (Å²) >= 11 is 1.35. The van der Waals surface area contributed by atoms with Gasteiger partial charge in [0.2, 0.25) is 11.8 Å². The molecule has 1 saturated carbocycles. The summed E-state index contributed by atoms with van der Waals surface area (Å²) in [4.78, 5) is 24.3. The molecule has 1 atom stereocenters. The lowest BCUT2D eigenvalue weighted by Gasteiger charge is -2.15. The first-order chi connectivity index (χ1) is 15.0. The normalized spacial score (nSPS) is 14.1. The summed E-state index contributed by atoms with van der Waals surface area (Å²) in [5.74, 6) is 0.420. The zero-order valence-corrected chi connectivity index (χ0v) is 18.4. The number of carbonyl (C=O) groups excluding carboxylic acids is 2. The van der Waals surface area contributed by atoms with Crippen LogP contribution in [0.15, 0.2) is 60.0 Å². The van der Waals surface area contributed by atoms with E-state index in [0.29, 0.717) is 5.16 Å². The maximum atomic E-state index is 12.5. The van der Waals surface area contributed by atoms with Crippen LogP contribution in [0, 0.1) is 12.8 Å². The van der Waals surface area contributed by atoms with Crippen LogP contribution in [-0.4, -0.2) is 32.3 Å². The first kappa shape index (κ1) is 21.1. The number of amides is 2. The summed E-state index contributed by atoms with van der Waals surface area (Å²) in [5.41, 5.74) is 3.90. The van der Waals surface area contributed by atoms with E-state index in [-0.39, 0.29) is 29.5 Å². The minimum absolute atomic E-state index is 0.0814. The van der Waals surface area contributed by atoms with Crippen molar-refractivity contribution >= 4 is 29.3 Å². The third-order valence-electron chi connectivity index (χ3n) is 5.16. The molecule has 1 aliphatic carbocycles. The highest BCUT2D eigenvalue weighted by atomic mass is 32.2. The van der Waals surface area contributed by atoms with E-state index in [9.17, 15) is 9.59 Å². The molecule has 3 aromatic rings. The van der Waals surface area contributed by atoms with Gasteiger partial charge in [0.15, 0.2) is 5.16 Å². The Morgan fingerprint density at radius 3 is 2.52 bits per heavy atom. The van der Waals surface area contributed by atoms with Crippen molar-refractivity contribution in [2.45, 2.75) is 37.9 Å². The summed E-state index contributed by atoms with van der Waals surface area (Å²) < 4.78 is 1.87. The Labute approximate surface area is 185 Å². The number of carbonyl (C=O) groups is 2. The Hall–Kier alpha value is -3.13. The van der Waals surface area contributed by atoms with Crippen molar-refractivity contribution in [3.8, 4) is 5.69 Å². The third-order valence-corrected chi connectivity index (χ3v) is 6.11. The van der Waals surface area contributed by atoms with Gasteiger partial charge in [-0.3, -0.25) is 14.2 Å². The molecule has 0 spiro atoms. The van der Waals surface area contributed by atoms with Gasteiger partial charge >= 0.3 is 0 Å². The largest absolute Gasteiger partial charge is 0.349 e. The molecule has 1 fully saturated rings. The maximum Gasteiger partial charge on any atom is 0.230 e. The second-order valence-electron chi connectivity index (χ2n) is 7.78. The fraction of sp³-hybridized carbons (Fsp3) is 0.304. The zero-order valence-electron chi connectivity index (χ0n) is 17.5. The molecule has 8 heteroatoms. The van der Waals surface area contributed by atoms with Gasteiger partial charge in [-0.05, 0) is 56.5 Å². The fourth-order valence-corrected chi connectivity index (χ4v) is 3.89. The summed E-state index contributed by atoms with van der Waals surface area (Å²) in [6.45, 7) is 3.98. The highest BCUT2D eigenvalue weighted by molar-refractivity contribution is 7.99. The second kappa shape index (κ2) is 9.34. The lowest BCUT2D eigenvalue weighted by atomic mass is 10.1. The van der Waals surface area contributed by atoms with Gasteiger partial charge in [-0.15, -0.1) is 10.2 Å². The van der Waals surface area contributed by atoms with Crippen molar-refractivity contribution < 1.29 is 9.59 Å². The van der Waals surface area contributed by atoms with Crippen LogP contribution in [0.2, 0.25) is 0 Å². The Morgan fingerprint density at radius 1 is 1.13 bits per heavy atom. The van der Waals surface area contributed by atoms with Crippen molar-refractivity contribution in [1.82, 2.24) is 20.1 Å². The van der Waals surface area contributed by atoms with Crippen LogP contribution in [0.25, 0.3) is 5.69 Å². The Morgan fingerprint density at radius 2 is 1.84 bits per heavy atom. The van der Waals surface area contributed by atoms with Gasteiger partial charge in [-0.2, -0.15) is 0 Å². The molecule has 1 heterocycles. The first-order valence-electron chi connectivity index (χ1n) is 10.3. The monoisotopic (exact) mass is 435 g/mol. The molecule has 0 bridgehead atoms. The standard InChI is InChI=1S/C23H25N5O2S/c1-15-3-11-20(12-4-15)28-14-24-27-23(28)31-13-21(29)25-16(2)17-7-9-19(10-8-17)26-22(30)18-5-6-18/h3-4,7-12,14,16,18H,5-6,13H2,1-2H3,(H,25,29)(H,26,30). The Balaban J connectivity index is 1.29. The average molecular weight is 436 g/mol. The van der Waals surface area contributed by atoms with Crippen molar-refractivity contribution in [3.63, 3.8) is 0 Å². The van der Waals surface area contributed by atoms with Crippen molar-refractivity contribution in [3.05, 3.63) is 66.0 Å². The van der Waals surface area contributed by atoms with Crippen LogP contribution in [0.5, 0.6) is 0 Å². The summed E-state index contributed by atoms with van der Waals surface area (Å²) in [6, 6.07) is 15.5. The van der Waals surface area contributed by atoms with Crippen molar-refractivity contribution in [2.75, 3.05) is 11.1 Å². The Kier molecular flexibility index (Phi) is 6.36. The number of aromatic nitrogens is 3. The molecule has 1 aromatic heterocycles. The predicted octanol–water partition coefficient (Wildman–Crippen LogP) is 3.89. The van der Waals surface area contributed by atoms with E-state index in [1.54, 1.807) is 6.33 Å². The number of thioether (sulfide) groups is 1. The van der Waals surface area contributed by atoms with E-state index in [1.807, 2.05) is 66.9 Å². The molecule has 1 unspecified atom stereocenters. The quantitative estimate of drug-likeness (QED) is 0.524. The van der Waals surface area contributed by atoms with E-state index in [2.05, 4.69) is 20.8 Å². The smallest absolute Gasteiger partial charge is 0.230 e. The number of hydrogen-bond acceptors (Lipinski definition) is 5. The third kappa shape index (κ3) is 5.52. The SMILES string of the molecule is Cc1ccc(-n2cnnc2SCC(=O)NC(C)c2ccc(NC(=O)C3CC3)cc2)cc1.